The van der Waals surface area contributed by atoms with Crippen molar-refractivity contribution in [1.82, 2.24) is 0 Å². The maximum atomic E-state index is 10.1. The Hall–Kier alpha value is -0.0200. The van der Waals surface area contributed by atoms with Gasteiger partial charge in [0.25, 0.3) is 0 Å². The Bertz CT molecular complexity index is 87.7. The second-order valence-corrected chi connectivity index (χ2v) is 3.53. The van der Waals surface area contributed by atoms with E-state index in [2.05, 4.69) is 0 Å². The second kappa shape index (κ2) is 7.09. The number of carbonyl (C=O) groups is 1. The number of thioether (sulfide) groups is 1. The molecular formula is C7H15NOS. The highest BCUT2D eigenvalue weighted by molar-refractivity contribution is 7.99. The molecule has 0 aliphatic carbocycles. The van der Waals surface area contributed by atoms with E-state index < -0.39 is 0 Å². The van der Waals surface area contributed by atoms with Crippen LogP contribution in [0.5, 0.6) is 0 Å². The molecule has 10 heavy (non-hydrogen) atoms. The van der Waals surface area contributed by atoms with Crippen LogP contribution in [0.2, 0.25) is 0 Å². The van der Waals surface area contributed by atoms with Crippen LogP contribution in [0, 0.1) is 5.92 Å². The zero-order valence-electron chi connectivity index (χ0n) is 6.38. The van der Waals surface area contributed by atoms with E-state index in [-0.39, 0.29) is 5.92 Å². The van der Waals surface area contributed by atoms with Gasteiger partial charge in [-0.2, -0.15) is 11.8 Å². The molecule has 2 nitrogen and oxygen atoms in total. The summed E-state index contributed by atoms with van der Waals surface area (Å²) in [4.78, 5) is 10.1. The number of carbonyl (C=O) groups excluding carboxylic acids is 1. The second-order valence-electron chi connectivity index (χ2n) is 2.30. The Morgan fingerprint density at radius 3 is 2.80 bits per heavy atom. The van der Waals surface area contributed by atoms with Crippen LogP contribution in [0.4, 0.5) is 0 Å². The molecular weight excluding hydrogens is 146 g/mol. The summed E-state index contributed by atoms with van der Waals surface area (Å²) in [5.74, 6) is 2.27. The zero-order chi connectivity index (χ0) is 7.82. The van der Waals surface area contributed by atoms with Crippen LogP contribution in [-0.2, 0) is 4.79 Å². The number of hydrogen-bond acceptors (Lipinski definition) is 3. The van der Waals surface area contributed by atoms with Gasteiger partial charge in [-0.1, -0.05) is 6.92 Å². The summed E-state index contributed by atoms with van der Waals surface area (Å²) >= 11 is 1.81. The third kappa shape index (κ3) is 6.11. The molecule has 60 valence electrons. The van der Waals surface area contributed by atoms with Crippen LogP contribution < -0.4 is 5.73 Å². The van der Waals surface area contributed by atoms with Crippen LogP contribution in [0.1, 0.15) is 13.3 Å². The van der Waals surface area contributed by atoms with Crippen LogP contribution in [0.15, 0.2) is 0 Å². The van der Waals surface area contributed by atoms with Gasteiger partial charge in [0.15, 0.2) is 0 Å². The first-order chi connectivity index (χ1) is 4.81. The maximum absolute atomic E-state index is 10.1. The van der Waals surface area contributed by atoms with Crippen LogP contribution >= 0.6 is 11.8 Å². The maximum Gasteiger partial charge on any atom is 0.122 e. The van der Waals surface area contributed by atoms with Crippen molar-refractivity contribution in [3.63, 3.8) is 0 Å². The molecule has 0 saturated heterocycles. The Balaban J connectivity index is 2.95. The molecule has 0 bridgehead atoms. The summed E-state index contributed by atoms with van der Waals surface area (Å²) in [6.07, 6.45) is 1.98. The lowest BCUT2D eigenvalue weighted by Gasteiger charge is -2.01. The average molecular weight is 161 g/mol. The van der Waals surface area contributed by atoms with Gasteiger partial charge in [0.05, 0.1) is 0 Å². The van der Waals surface area contributed by atoms with Crippen molar-refractivity contribution in [3.05, 3.63) is 0 Å². The lowest BCUT2D eigenvalue weighted by Crippen LogP contribution is -2.03. The molecule has 0 aromatic carbocycles. The molecule has 3 heteroatoms. The monoisotopic (exact) mass is 161 g/mol. The molecule has 0 spiro atoms. The van der Waals surface area contributed by atoms with Crippen LogP contribution in [0.3, 0.4) is 0 Å². The van der Waals surface area contributed by atoms with E-state index in [0.717, 1.165) is 30.8 Å². The molecule has 0 unspecified atom stereocenters. The van der Waals surface area contributed by atoms with E-state index in [1.165, 1.54) is 0 Å². The number of nitrogens with two attached hydrogens (primary N) is 1. The highest BCUT2D eigenvalue weighted by Gasteiger charge is 1.97. The summed E-state index contributed by atoms with van der Waals surface area (Å²) in [6.45, 7) is 2.68. The molecule has 2 N–H and O–H groups in total. The fourth-order valence-electron chi connectivity index (χ4n) is 0.523. The number of aldehydes is 1. The van der Waals surface area contributed by atoms with Crippen molar-refractivity contribution in [3.8, 4) is 0 Å². The van der Waals surface area contributed by atoms with E-state index in [9.17, 15) is 4.79 Å². The molecule has 0 saturated carbocycles. The van der Waals surface area contributed by atoms with Crippen molar-refractivity contribution in [2.45, 2.75) is 13.3 Å². The third-order valence-corrected chi connectivity index (χ3v) is 2.26. The quantitative estimate of drug-likeness (QED) is 0.465. The van der Waals surface area contributed by atoms with E-state index in [4.69, 9.17) is 5.73 Å². The van der Waals surface area contributed by atoms with Gasteiger partial charge < -0.3 is 10.5 Å². The fraction of sp³-hybridized carbons (Fsp3) is 0.857. The molecule has 0 radical (unpaired) electrons. The van der Waals surface area contributed by atoms with Crippen LogP contribution in [0.25, 0.3) is 0 Å². The first-order valence-corrected chi connectivity index (χ1v) is 4.69. The molecule has 0 fully saturated rings. The molecule has 0 amide bonds. The molecule has 0 aromatic heterocycles. The fourth-order valence-corrected chi connectivity index (χ4v) is 1.43. The smallest absolute Gasteiger partial charge is 0.122 e. The van der Waals surface area contributed by atoms with Crippen molar-refractivity contribution in [1.29, 1.82) is 0 Å². The van der Waals surface area contributed by atoms with Gasteiger partial charge in [-0.05, 0) is 12.2 Å². The van der Waals surface area contributed by atoms with Gasteiger partial charge in [-0.25, -0.2) is 0 Å². The largest absolute Gasteiger partial charge is 0.330 e. The van der Waals surface area contributed by atoms with Gasteiger partial charge in [-0.15, -0.1) is 0 Å². The normalized spacial score (nSPS) is 13.0. The molecule has 0 heterocycles. The van der Waals surface area contributed by atoms with E-state index >= 15 is 0 Å². The Morgan fingerprint density at radius 2 is 2.30 bits per heavy atom. The van der Waals surface area contributed by atoms with Crippen molar-refractivity contribution in [2.75, 3.05) is 18.1 Å². The third-order valence-electron chi connectivity index (χ3n) is 1.21. The van der Waals surface area contributed by atoms with Crippen molar-refractivity contribution in [2.24, 2.45) is 11.7 Å². The average Bonchev–Trinajstić information content (AvgIpc) is 1.98. The Labute approximate surface area is 66.6 Å². The summed E-state index contributed by atoms with van der Waals surface area (Å²) < 4.78 is 0. The van der Waals surface area contributed by atoms with Gasteiger partial charge in [0.1, 0.15) is 6.29 Å². The van der Waals surface area contributed by atoms with E-state index in [0.29, 0.717) is 0 Å². The number of rotatable bonds is 6. The van der Waals surface area contributed by atoms with E-state index in [1.54, 1.807) is 0 Å². The van der Waals surface area contributed by atoms with Crippen LogP contribution in [-0.4, -0.2) is 24.3 Å². The predicted octanol–water partition coefficient (Wildman–Crippen LogP) is 0.903. The predicted molar refractivity (Wildman–Crippen MR) is 46.2 cm³/mol. The summed E-state index contributed by atoms with van der Waals surface area (Å²) in [5, 5.41) is 0. The van der Waals surface area contributed by atoms with Gasteiger partial charge in [-0.3, -0.25) is 0 Å². The summed E-state index contributed by atoms with van der Waals surface area (Å²) in [6, 6.07) is 0. The first kappa shape index (κ1) is 9.98. The lowest BCUT2D eigenvalue weighted by atomic mass is 10.1. The van der Waals surface area contributed by atoms with Gasteiger partial charge in [0, 0.05) is 18.2 Å². The summed E-state index contributed by atoms with van der Waals surface area (Å²) in [7, 11) is 0. The van der Waals surface area contributed by atoms with Gasteiger partial charge in [0.2, 0.25) is 0 Å². The zero-order valence-corrected chi connectivity index (χ0v) is 7.19. The minimum Gasteiger partial charge on any atom is -0.330 e. The molecule has 0 aliphatic rings. The minimum atomic E-state index is 0.213. The van der Waals surface area contributed by atoms with Crippen molar-refractivity contribution >= 4 is 18.0 Å². The Kier molecular flexibility index (Phi) is 7.08. The highest BCUT2D eigenvalue weighted by Crippen LogP contribution is 2.06. The Morgan fingerprint density at radius 1 is 1.60 bits per heavy atom. The number of hydrogen-bond donors (Lipinski definition) is 1. The summed E-state index contributed by atoms with van der Waals surface area (Å²) in [5.41, 5.74) is 5.29. The first-order valence-electron chi connectivity index (χ1n) is 3.54. The SMILES string of the molecule is C[C@H](C=O)CCSCCN. The lowest BCUT2D eigenvalue weighted by molar-refractivity contribution is -0.110. The van der Waals surface area contributed by atoms with E-state index in [1.807, 2.05) is 18.7 Å². The highest BCUT2D eigenvalue weighted by atomic mass is 32.2. The molecule has 0 aromatic rings. The minimum absolute atomic E-state index is 0.213. The molecule has 0 aliphatic heterocycles. The topological polar surface area (TPSA) is 43.1 Å². The standard InChI is InChI=1S/C7H15NOS/c1-7(6-9)2-4-10-5-3-8/h6-7H,2-5,8H2,1H3/t7-/m0/s1. The van der Waals surface area contributed by atoms with Gasteiger partial charge >= 0.3 is 0 Å². The molecule has 1 atom stereocenters. The van der Waals surface area contributed by atoms with Crippen molar-refractivity contribution < 1.29 is 4.79 Å². The molecule has 0 rings (SSSR count).